The van der Waals surface area contributed by atoms with Crippen molar-refractivity contribution in [1.29, 1.82) is 0 Å². The van der Waals surface area contributed by atoms with Gasteiger partial charge in [-0.1, -0.05) is 30.3 Å². The second-order valence-electron chi connectivity index (χ2n) is 5.96. The highest BCUT2D eigenvalue weighted by Gasteiger charge is 2.26. The van der Waals surface area contributed by atoms with Crippen LogP contribution < -0.4 is 10.2 Å². The maximum absolute atomic E-state index is 13.1. The molecule has 0 atom stereocenters. The normalized spacial score (nSPS) is 12.7. The Hall–Kier alpha value is -2.31. The number of ether oxygens (including phenoxy) is 1. The fourth-order valence-electron chi connectivity index (χ4n) is 2.95. The van der Waals surface area contributed by atoms with Crippen molar-refractivity contribution in [3.63, 3.8) is 0 Å². The first-order chi connectivity index (χ1) is 12.7. The summed E-state index contributed by atoms with van der Waals surface area (Å²) in [5.41, 5.74) is 2.82. The molecule has 3 rings (SSSR count). The molecule has 1 N–H and O–H groups in total. The van der Waals surface area contributed by atoms with Gasteiger partial charge >= 0.3 is 0 Å². The maximum atomic E-state index is 13.1. The topological polar surface area (TPSA) is 58.6 Å². The number of carbonyl (C=O) groups is 2. The van der Waals surface area contributed by atoms with Crippen LogP contribution in [0.15, 0.2) is 53.4 Å². The molecule has 0 bridgehead atoms. The van der Waals surface area contributed by atoms with Crippen LogP contribution in [0.5, 0.6) is 0 Å². The summed E-state index contributed by atoms with van der Waals surface area (Å²) in [6, 6.07) is 15.5. The van der Waals surface area contributed by atoms with Gasteiger partial charge in [-0.05, 0) is 30.2 Å². The van der Waals surface area contributed by atoms with Crippen LogP contribution in [-0.2, 0) is 16.0 Å². The van der Waals surface area contributed by atoms with Crippen LogP contribution in [-0.4, -0.2) is 44.4 Å². The zero-order valence-corrected chi connectivity index (χ0v) is 15.6. The summed E-state index contributed by atoms with van der Waals surface area (Å²) >= 11 is 1.38. The van der Waals surface area contributed by atoms with Gasteiger partial charge in [-0.25, -0.2) is 0 Å². The van der Waals surface area contributed by atoms with E-state index in [-0.39, 0.29) is 17.6 Å². The predicted molar refractivity (Wildman–Crippen MR) is 104 cm³/mol. The van der Waals surface area contributed by atoms with Gasteiger partial charge in [0.1, 0.15) is 0 Å². The number of benzene rings is 2. The summed E-state index contributed by atoms with van der Waals surface area (Å²) in [4.78, 5) is 27.6. The predicted octanol–water partition coefficient (Wildman–Crippen LogP) is 2.74. The third-order valence-electron chi connectivity index (χ3n) is 4.24. The van der Waals surface area contributed by atoms with Gasteiger partial charge in [0.05, 0.1) is 17.9 Å². The molecule has 2 amide bonds. The molecular weight excluding hydrogens is 348 g/mol. The van der Waals surface area contributed by atoms with Crippen molar-refractivity contribution < 1.29 is 14.3 Å². The Morgan fingerprint density at radius 1 is 1.15 bits per heavy atom. The highest BCUT2D eigenvalue weighted by molar-refractivity contribution is 8.00. The fourth-order valence-corrected chi connectivity index (χ4v) is 3.82. The molecule has 0 saturated carbocycles. The van der Waals surface area contributed by atoms with Crippen molar-refractivity contribution in [2.24, 2.45) is 0 Å². The lowest BCUT2D eigenvalue weighted by atomic mass is 10.1. The second-order valence-corrected chi connectivity index (χ2v) is 6.98. The largest absolute Gasteiger partial charge is 0.383 e. The number of amides is 2. The van der Waals surface area contributed by atoms with E-state index < -0.39 is 0 Å². The van der Waals surface area contributed by atoms with E-state index in [0.717, 1.165) is 17.0 Å². The quantitative estimate of drug-likeness (QED) is 0.601. The molecule has 5 nitrogen and oxygen atoms in total. The Balaban J connectivity index is 1.69. The minimum Gasteiger partial charge on any atom is -0.383 e. The molecule has 0 spiro atoms. The zero-order valence-electron chi connectivity index (χ0n) is 14.7. The number of carbonyl (C=O) groups excluding carboxylic acids is 2. The van der Waals surface area contributed by atoms with Crippen LogP contribution in [0.1, 0.15) is 15.9 Å². The van der Waals surface area contributed by atoms with E-state index in [1.54, 1.807) is 7.11 Å². The lowest BCUT2D eigenvalue weighted by molar-refractivity contribution is -0.118. The van der Waals surface area contributed by atoms with Gasteiger partial charge < -0.3 is 15.0 Å². The number of thioether (sulfide) groups is 1. The smallest absolute Gasteiger partial charge is 0.259 e. The minimum absolute atomic E-state index is 0.0159. The number of anilines is 1. The third-order valence-corrected chi connectivity index (χ3v) is 5.31. The Labute approximate surface area is 157 Å². The Kier molecular flexibility index (Phi) is 6.30. The Morgan fingerprint density at radius 2 is 1.92 bits per heavy atom. The molecule has 1 aliphatic rings. The van der Waals surface area contributed by atoms with Crippen molar-refractivity contribution in [1.82, 2.24) is 5.32 Å². The Morgan fingerprint density at radius 3 is 2.77 bits per heavy atom. The van der Waals surface area contributed by atoms with Crippen LogP contribution in [0.25, 0.3) is 0 Å². The lowest BCUT2D eigenvalue weighted by Crippen LogP contribution is -2.30. The number of hydrogen-bond donors (Lipinski definition) is 1. The summed E-state index contributed by atoms with van der Waals surface area (Å²) in [5.74, 6) is 0.184. The molecule has 2 aromatic carbocycles. The van der Waals surface area contributed by atoms with Crippen molar-refractivity contribution in [2.75, 3.05) is 37.5 Å². The molecule has 6 heteroatoms. The van der Waals surface area contributed by atoms with Crippen LogP contribution in [0.4, 0.5) is 5.69 Å². The van der Waals surface area contributed by atoms with E-state index in [4.69, 9.17) is 4.74 Å². The molecule has 136 valence electrons. The second kappa shape index (κ2) is 8.87. The van der Waals surface area contributed by atoms with Crippen LogP contribution in [0.3, 0.4) is 0 Å². The molecule has 0 aromatic heterocycles. The van der Waals surface area contributed by atoms with E-state index in [2.05, 4.69) is 11.4 Å². The summed E-state index contributed by atoms with van der Waals surface area (Å²) in [6.07, 6.45) is 0.874. The molecule has 0 unspecified atom stereocenters. The van der Waals surface area contributed by atoms with Crippen LogP contribution in [0.2, 0.25) is 0 Å². The van der Waals surface area contributed by atoms with Gasteiger partial charge in [-0.3, -0.25) is 9.59 Å². The minimum atomic E-state index is -0.0687. The van der Waals surface area contributed by atoms with Crippen molar-refractivity contribution in [3.05, 3.63) is 59.7 Å². The first kappa shape index (κ1) is 18.5. The third kappa shape index (κ3) is 4.26. The van der Waals surface area contributed by atoms with E-state index in [9.17, 15) is 9.59 Å². The molecule has 2 aromatic rings. The molecule has 0 saturated heterocycles. The highest BCUT2D eigenvalue weighted by Crippen LogP contribution is 2.31. The summed E-state index contributed by atoms with van der Waals surface area (Å²) in [6.45, 7) is 1.66. The number of nitrogens with one attached hydrogen (secondary N) is 1. The summed E-state index contributed by atoms with van der Waals surface area (Å²) in [5, 5.41) is 2.79. The molecule has 26 heavy (non-hydrogen) atoms. The van der Waals surface area contributed by atoms with Crippen LogP contribution >= 0.6 is 11.8 Å². The van der Waals surface area contributed by atoms with Gasteiger partial charge in [0, 0.05) is 30.8 Å². The Bertz CT molecular complexity index is 794. The molecule has 0 fully saturated rings. The molecular formula is C20H22N2O3S. The average molecular weight is 370 g/mol. The number of para-hydroxylation sites is 1. The first-order valence-electron chi connectivity index (χ1n) is 8.58. The van der Waals surface area contributed by atoms with Gasteiger partial charge in [-0.15, -0.1) is 11.8 Å². The number of rotatable bonds is 7. The van der Waals surface area contributed by atoms with Crippen molar-refractivity contribution in [3.8, 4) is 0 Å². The maximum Gasteiger partial charge on any atom is 0.259 e. The number of nitrogens with zero attached hydrogens (tertiary/aromatic N) is 1. The standard InChI is InChI=1S/C20H22N2O3S/c1-25-13-11-21-19(23)14-26-18-9-5-3-7-16(18)20(24)22-12-10-15-6-2-4-8-17(15)22/h2-9H,10-14H2,1H3,(H,21,23). The highest BCUT2D eigenvalue weighted by atomic mass is 32.2. The van der Waals surface area contributed by atoms with Crippen molar-refractivity contribution >= 4 is 29.3 Å². The zero-order chi connectivity index (χ0) is 18.4. The van der Waals surface area contributed by atoms with E-state index in [1.165, 1.54) is 17.3 Å². The van der Waals surface area contributed by atoms with Gasteiger partial charge in [-0.2, -0.15) is 0 Å². The molecule has 0 aliphatic carbocycles. The molecule has 0 radical (unpaired) electrons. The fraction of sp³-hybridized carbons (Fsp3) is 0.300. The van der Waals surface area contributed by atoms with Gasteiger partial charge in [0.2, 0.25) is 5.91 Å². The van der Waals surface area contributed by atoms with E-state index >= 15 is 0 Å². The molecule has 1 heterocycles. The van der Waals surface area contributed by atoms with Gasteiger partial charge in [0.25, 0.3) is 5.91 Å². The monoisotopic (exact) mass is 370 g/mol. The summed E-state index contributed by atoms with van der Waals surface area (Å²) < 4.78 is 4.92. The van der Waals surface area contributed by atoms with Crippen molar-refractivity contribution in [2.45, 2.75) is 11.3 Å². The summed E-state index contributed by atoms with van der Waals surface area (Å²) in [7, 11) is 1.60. The lowest BCUT2D eigenvalue weighted by Gasteiger charge is -2.19. The van der Waals surface area contributed by atoms with E-state index in [1.807, 2.05) is 47.4 Å². The molecule has 1 aliphatic heterocycles. The number of hydrogen-bond acceptors (Lipinski definition) is 4. The van der Waals surface area contributed by atoms with E-state index in [0.29, 0.717) is 25.3 Å². The SMILES string of the molecule is COCCNC(=O)CSc1ccccc1C(=O)N1CCc2ccccc21. The first-order valence-corrected chi connectivity index (χ1v) is 9.56. The number of methoxy groups -OCH3 is 1. The average Bonchev–Trinajstić information content (AvgIpc) is 3.10. The van der Waals surface area contributed by atoms with Crippen LogP contribution in [0, 0.1) is 0 Å². The number of fused-ring (bicyclic) bond motifs is 1. The van der Waals surface area contributed by atoms with Gasteiger partial charge in [0.15, 0.2) is 0 Å².